The van der Waals surface area contributed by atoms with Crippen LogP contribution in [0.25, 0.3) is 0 Å². The van der Waals surface area contributed by atoms with Crippen molar-refractivity contribution < 1.29 is 23.9 Å². The van der Waals surface area contributed by atoms with E-state index in [1.54, 1.807) is 9.80 Å². The maximum absolute atomic E-state index is 12.5. The molecule has 30 heavy (non-hydrogen) atoms. The van der Waals surface area contributed by atoms with Crippen molar-refractivity contribution in [3.63, 3.8) is 0 Å². The first-order valence-electron chi connectivity index (χ1n) is 10.9. The molecule has 0 bridgehead atoms. The Morgan fingerprint density at radius 1 is 0.733 bits per heavy atom. The number of likely N-dealkylation sites (tertiary alicyclic amines) is 2. The maximum atomic E-state index is 12.5. The Bertz CT molecular complexity index is 574. The molecule has 2 fully saturated rings. The summed E-state index contributed by atoms with van der Waals surface area (Å²) >= 11 is 0. The molecule has 2 atom stereocenters. The Balaban J connectivity index is 1.80. The first-order chi connectivity index (χ1) is 13.8. The van der Waals surface area contributed by atoms with Gasteiger partial charge in [0.1, 0.15) is 11.2 Å². The minimum absolute atomic E-state index is 0.128. The molecule has 172 valence electrons. The molecule has 0 aromatic rings. The average molecular weight is 427 g/mol. The zero-order valence-electron chi connectivity index (χ0n) is 19.2. The number of hydrogen-bond acceptors (Lipinski definition) is 5. The lowest BCUT2D eigenvalue weighted by Crippen LogP contribution is -2.56. The lowest BCUT2D eigenvalue weighted by molar-refractivity contribution is 0.0189. The molecule has 2 saturated heterocycles. The number of ether oxygens (including phenoxy) is 2. The molecular formula is C21H38N4O5. The van der Waals surface area contributed by atoms with Crippen LogP contribution in [-0.2, 0) is 9.47 Å². The molecule has 2 N–H and O–H groups in total. The van der Waals surface area contributed by atoms with Gasteiger partial charge in [-0.1, -0.05) is 0 Å². The highest BCUT2D eigenvalue weighted by Crippen LogP contribution is 2.17. The van der Waals surface area contributed by atoms with Crippen molar-refractivity contribution in [3.8, 4) is 0 Å². The van der Waals surface area contributed by atoms with E-state index in [4.69, 9.17) is 9.47 Å². The summed E-state index contributed by atoms with van der Waals surface area (Å²) < 4.78 is 10.9. The van der Waals surface area contributed by atoms with Gasteiger partial charge in [-0.25, -0.2) is 14.4 Å². The Morgan fingerprint density at radius 2 is 1.10 bits per heavy atom. The summed E-state index contributed by atoms with van der Waals surface area (Å²) in [4.78, 5) is 40.4. The van der Waals surface area contributed by atoms with Gasteiger partial charge in [0.15, 0.2) is 0 Å². The minimum Gasteiger partial charge on any atom is -0.444 e. The normalized spacial score (nSPS) is 22.9. The number of hydrogen-bond donors (Lipinski definition) is 2. The van der Waals surface area contributed by atoms with Gasteiger partial charge in [0.25, 0.3) is 0 Å². The van der Waals surface area contributed by atoms with Crippen molar-refractivity contribution in [2.24, 2.45) is 0 Å². The first-order valence-corrected chi connectivity index (χ1v) is 10.9. The van der Waals surface area contributed by atoms with E-state index >= 15 is 0 Å². The lowest BCUT2D eigenvalue weighted by Gasteiger charge is -2.36. The highest BCUT2D eigenvalue weighted by Gasteiger charge is 2.31. The number of rotatable bonds is 2. The van der Waals surface area contributed by atoms with E-state index in [1.807, 2.05) is 41.5 Å². The molecule has 0 aliphatic carbocycles. The van der Waals surface area contributed by atoms with Crippen molar-refractivity contribution in [1.29, 1.82) is 0 Å². The number of amides is 4. The molecule has 2 aliphatic heterocycles. The van der Waals surface area contributed by atoms with Crippen LogP contribution in [-0.4, -0.2) is 77.5 Å². The average Bonchev–Trinajstić information content (AvgIpc) is 2.59. The molecule has 0 saturated carbocycles. The molecule has 0 spiro atoms. The molecule has 2 heterocycles. The second-order valence-electron chi connectivity index (χ2n) is 10.1. The SMILES string of the molecule is CC(C)(C)OC(=O)N1CCCC(NC(=O)N[C@@H]2CCCN(C(=O)OC(C)(C)C)C2)C1. The van der Waals surface area contributed by atoms with E-state index in [9.17, 15) is 14.4 Å². The molecule has 9 heteroatoms. The third-order valence-corrected chi connectivity index (χ3v) is 4.82. The van der Waals surface area contributed by atoms with Crippen molar-refractivity contribution in [2.45, 2.75) is 90.5 Å². The second-order valence-corrected chi connectivity index (χ2v) is 10.1. The highest BCUT2D eigenvalue weighted by molar-refractivity contribution is 5.75. The fourth-order valence-corrected chi connectivity index (χ4v) is 3.59. The number of carbonyl (C=O) groups is 3. The van der Waals surface area contributed by atoms with E-state index in [0.717, 1.165) is 25.7 Å². The fourth-order valence-electron chi connectivity index (χ4n) is 3.59. The number of urea groups is 1. The molecule has 0 aromatic carbocycles. The van der Waals surface area contributed by atoms with Gasteiger partial charge in [-0.2, -0.15) is 0 Å². The molecule has 0 radical (unpaired) electrons. The summed E-state index contributed by atoms with van der Waals surface area (Å²) in [5.41, 5.74) is -1.09. The van der Waals surface area contributed by atoms with E-state index in [-0.39, 0.29) is 30.3 Å². The van der Waals surface area contributed by atoms with Crippen molar-refractivity contribution in [3.05, 3.63) is 0 Å². The van der Waals surface area contributed by atoms with E-state index in [1.165, 1.54) is 0 Å². The van der Waals surface area contributed by atoms with Crippen LogP contribution >= 0.6 is 0 Å². The number of nitrogens with zero attached hydrogens (tertiary/aromatic N) is 2. The van der Waals surface area contributed by atoms with Crippen LogP contribution in [0.15, 0.2) is 0 Å². The molecule has 2 rings (SSSR count). The molecular weight excluding hydrogens is 388 g/mol. The van der Waals surface area contributed by atoms with Crippen LogP contribution in [0.4, 0.5) is 14.4 Å². The zero-order valence-corrected chi connectivity index (χ0v) is 19.2. The molecule has 0 aromatic heterocycles. The van der Waals surface area contributed by atoms with Crippen molar-refractivity contribution in [1.82, 2.24) is 20.4 Å². The van der Waals surface area contributed by atoms with Gasteiger partial charge in [-0.3, -0.25) is 0 Å². The van der Waals surface area contributed by atoms with Gasteiger partial charge >= 0.3 is 18.2 Å². The van der Waals surface area contributed by atoms with Gasteiger partial charge in [-0.05, 0) is 67.2 Å². The van der Waals surface area contributed by atoms with Gasteiger partial charge in [0, 0.05) is 38.3 Å². The first kappa shape index (κ1) is 24.1. The predicted molar refractivity (Wildman–Crippen MR) is 113 cm³/mol. The second kappa shape index (κ2) is 9.75. The maximum Gasteiger partial charge on any atom is 0.410 e. The van der Waals surface area contributed by atoms with Crippen LogP contribution < -0.4 is 10.6 Å². The Kier molecular flexibility index (Phi) is 7.82. The molecule has 9 nitrogen and oxygen atoms in total. The number of carbonyl (C=O) groups excluding carboxylic acids is 3. The topological polar surface area (TPSA) is 100 Å². The van der Waals surface area contributed by atoms with Crippen LogP contribution in [0.5, 0.6) is 0 Å². The summed E-state index contributed by atoms with van der Waals surface area (Å²) in [7, 11) is 0. The highest BCUT2D eigenvalue weighted by atomic mass is 16.6. The van der Waals surface area contributed by atoms with Gasteiger partial charge in [0.2, 0.25) is 0 Å². The number of piperidine rings is 2. The Hall–Kier alpha value is -2.19. The summed E-state index contributed by atoms with van der Waals surface area (Å²) in [6, 6.07) is -0.532. The zero-order chi connectivity index (χ0) is 22.5. The Morgan fingerprint density at radius 3 is 1.43 bits per heavy atom. The molecule has 1 unspecified atom stereocenters. The van der Waals surface area contributed by atoms with Gasteiger partial charge in [-0.15, -0.1) is 0 Å². The molecule has 2 aliphatic rings. The van der Waals surface area contributed by atoms with Gasteiger partial charge < -0.3 is 29.9 Å². The van der Waals surface area contributed by atoms with E-state index in [2.05, 4.69) is 10.6 Å². The van der Waals surface area contributed by atoms with Crippen molar-refractivity contribution in [2.75, 3.05) is 26.2 Å². The summed E-state index contributed by atoms with van der Waals surface area (Å²) in [6.45, 7) is 13.1. The smallest absolute Gasteiger partial charge is 0.410 e. The summed E-state index contributed by atoms with van der Waals surface area (Å²) in [6.07, 6.45) is 2.52. The van der Waals surface area contributed by atoms with E-state index in [0.29, 0.717) is 26.2 Å². The summed E-state index contributed by atoms with van der Waals surface area (Å²) in [5.74, 6) is 0. The fraction of sp³-hybridized carbons (Fsp3) is 0.857. The number of nitrogens with one attached hydrogen (secondary N) is 2. The third-order valence-electron chi connectivity index (χ3n) is 4.82. The van der Waals surface area contributed by atoms with Gasteiger partial charge in [0.05, 0.1) is 0 Å². The quantitative estimate of drug-likeness (QED) is 0.707. The summed E-state index contributed by atoms with van der Waals surface area (Å²) in [5, 5.41) is 5.92. The van der Waals surface area contributed by atoms with Crippen LogP contribution in [0.1, 0.15) is 67.2 Å². The van der Waals surface area contributed by atoms with Crippen LogP contribution in [0.3, 0.4) is 0 Å². The molecule has 4 amide bonds. The third kappa shape index (κ3) is 8.28. The Labute approximate surface area is 179 Å². The monoisotopic (exact) mass is 426 g/mol. The standard InChI is InChI=1S/C21H38N4O5/c1-20(2,3)29-18(27)24-11-7-9-15(13-24)22-17(26)23-16-10-8-12-25(14-16)19(28)30-21(4,5)6/h15-16H,7-14H2,1-6H3,(H2,22,23,26)/t15-,16?/m1/s1. The van der Waals surface area contributed by atoms with Crippen molar-refractivity contribution >= 4 is 18.2 Å². The predicted octanol–water partition coefficient (Wildman–Crippen LogP) is 3.08. The van der Waals surface area contributed by atoms with Crippen LogP contribution in [0.2, 0.25) is 0 Å². The largest absolute Gasteiger partial charge is 0.444 e. The van der Waals surface area contributed by atoms with E-state index < -0.39 is 11.2 Å². The lowest BCUT2D eigenvalue weighted by atomic mass is 10.1. The van der Waals surface area contributed by atoms with Crippen LogP contribution in [0, 0.1) is 0 Å². The minimum atomic E-state index is -0.546.